The second-order valence-corrected chi connectivity index (χ2v) is 5.85. The minimum absolute atomic E-state index is 0.0227. The Bertz CT molecular complexity index is 619. The Kier molecular flexibility index (Phi) is 6.41. The maximum absolute atomic E-state index is 12.2. The number of nitrogens with one attached hydrogen (secondary N) is 1. The molecule has 2 rings (SSSR count). The predicted molar refractivity (Wildman–Crippen MR) is 86.2 cm³/mol. The second-order valence-electron chi connectivity index (χ2n) is 5.85. The molecule has 1 heterocycles. The van der Waals surface area contributed by atoms with E-state index in [1.807, 2.05) is 31.2 Å². The summed E-state index contributed by atoms with van der Waals surface area (Å²) in [5.41, 5.74) is 1.83. The second kappa shape index (κ2) is 8.33. The van der Waals surface area contributed by atoms with Crippen LogP contribution in [-0.2, 0) is 20.7 Å². The lowest BCUT2D eigenvalue weighted by Gasteiger charge is -2.20. The van der Waals surface area contributed by atoms with Gasteiger partial charge < -0.3 is 15.0 Å². The average molecular weight is 358 g/mol. The van der Waals surface area contributed by atoms with Gasteiger partial charge in [0.1, 0.15) is 6.61 Å². The van der Waals surface area contributed by atoms with E-state index >= 15 is 0 Å². The molecule has 8 heteroatoms. The first-order valence-corrected chi connectivity index (χ1v) is 8.12. The van der Waals surface area contributed by atoms with E-state index in [1.54, 1.807) is 4.90 Å². The van der Waals surface area contributed by atoms with Crippen molar-refractivity contribution in [2.24, 2.45) is 5.92 Å². The monoisotopic (exact) mass is 358 g/mol. The Morgan fingerprint density at radius 3 is 2.76 bits per heavy atom. The van der Waals surface area contributed by atoms with E-state index in [9.17, 15) is 22.8 Å². The molecule has 1 aromatic carbocycles. The number of carbonyl (C=O) groups excluding carboxylic acids is 2. The molecule has 1 unspecified atom stereocenters. The highest BCUT2D eigenvalue weighted by Crippen LogP contribution is 2.28. The van der Waals surface area contributed by atoms with Crippen molar-refractivity contribution in [3.05, 3.63) is 29.8 Å². The number of amides is 2. The third-order valence-electron chi connectivity index (χ3n) is 3.97. The van der Waals surface area contributed by atoms with Crippen molar-refractivity contribution in [1.82, 2.24) is 5.32 Å². The minimum Gasteiger partial charge on any atom is -0.370 e. The van der Waals surface area contributed by atoms with Crippen LogP contribution in [0.5, 0.6) is 0 Å². The lowest BCUT2D eigenvalue weighted by Crippen LogP contribution is -2.35. The number of benzene rings is 1. The molecule has 0 saturated carbocycles. The van der Waals surface area contributed by atoms with Gasteiger partial charge in [0, 0.05) is 25.2 Å². The first kappa shape index (κ1) is 19.2. The summed E-state index contributed by atoms with van der Waals surface area (Å²) in [5, 5.41) is 2.52. The van der Waals surface area contributed by atoms with E-state index in [1.165, 1.54) is 0 Å². The van der Waals surface area contributed by atoms with E-state index < -0.39 is 18.7 Å². The maximum atomic E-state index is 12.2. The van der Waals surface area contributed by atoms with Crippen molar-refractivity contribution in [3.63, 3.8) is 0 Å². The molecule has 138 valence electrons. The normalized spacial score (nSPS) is 17.8. The zero-order valence-corrected chi connectivity index (χ0v) is 13.9. The van der Waals surface area contributed by atoms with Crippen LogP contribution in [0, 0.1) is 5.92 Å². The Balaban J connectivity index is 1.84. The van der Waals surface area contributed by atoms with Gasteiger partial charge in [-0.25, -0.2) is 0 Å². The largest absolute Gasteiger partial charge is 0.411 e. The molecule has 1 fully saturated rings. The van der Waals surface area contributed by atoms with Crippen LogP contribution >= 0.6 is 0 Å². The Hall–Kier alpha value is -2.09. The molecule has 0 bridgehead atoms. The number of hydrogen-bond acceptors (Lipinski definition) is 3. The van der Waals surface area contributed by atoms with Gasteiger partial charge >= 0.3 is 6.18 Å². The SMILES string of the molecule is CCc1ccccc1N1CC(C(=O)NCCOCC(F)(F)F)CC1=O. The molecule has 0 spiro atoms. The standard InChI is InChI=1S/C17H21F3N2O3/c1-2-12-5-3-4-6-14(12)22-10-13(9-15(22)23)16(24)21-7-8-25-11-17(18,19)20/h3-6,13H,2,7-11H2,1H3,(H,21,24). The van der Waals surface area contributed by atoms with Crippen LogP contribution in [0.15, 0.2) is 24.3 Å². The molecule has 1 saturated heterocycles. The van der Waals surface area contributed by atoms with E-state index in [-0.39, 0.29) is 37.9 Å². The fourth-order valence-electron chi connectivity index (χ4n) is 2.77. The zero-order valence-electron chi connectivity index (χ0n) is 13.9. The molecule has 1 N–H and O–H groups in total. The number of anilines is 1. The number of hydrogen-bond donors (Lipinski definition) is 1. The van der Waals surface area contributed by atoms with Crippen molar-refractivity contribution < 1.29 is 27.5 Å². The van der Waals surface area contributed by atoms with Gasteiger partial charge in [-0.3, -0.25) is 9.59 Å². The number of aryl methyl sites for hydroxylation is 1. The molecule has 0 radical (unpaired) electrons. The van der Waals surface area contributed by atoms with E-state index in [0.29, 0.717) is 0 Å². The summed E-state index contributed by atoms with van der Waals surface area (Å²) in [7, 11) is 0. The highest BCUT2D eigenvalue weighted by Gasteiger charge is 2.35. The topological polar surface area (TPSA) is 58.6 Å². The van der Waals surface area contributed by atoms with Crippen LogP contribution in [-0.4, -0.2) is 44.3 Å². The highest BCUT2D eigenvalue weighted by atomic mass is 19.4. The van der Waals surface area contributed by atoms with Gasteiger partial charge in [0.15, 0.2) is 0 Å². The van der Waals surface area contributed by atoms with E-state index in [0.717, 1.165) is 17.7 Å². The van der Waals surface area contributed by atoms with Crippen molar-refractivity contribution >= 4 is 17.5 Å². The summed E-state index contributed by atoms with van der Waals surface area (Å²) in [6.45, 7) is 0.668. The van der Waals surface area contributed by atoms with E-state index in [4.69, 9.17) is 0 Å². The number of halogens is 3. The minimum atomic E-state index is -4.38. The summed E-state index contributed by atoms with van der Waals surface area (Å²) in [5.74, 6) is -0.991. The summed E-state index contributed by atoms with van der Waals surface area (Å²) in [6.07, 6.45) is -3.52. The maximum Gasteiger partial charge on any atom is 0.411 e. The fourth-order valence-corrected chi connectivity index (χ4v) is 2.77. The highest BCUT2D eigenvalue weighted by molar-refractivity contribution is 6.00. The summed E-state index contributed by atoms with van der Waals surface area (Å²) >= 11 is 0. The lowest BCUT2D eigenvalue weighted by molar-refractivity contribution is -0.173. The fraction of sp³-hybridized carbons (Fsp3) is 0.529. The molecule has 1 aromatic rings. The third-order valence-corrected chi connectivity index (χ3v) is 3.97. The quantitative estimate of drug-likeness (QED) is 0.761. The predicted octanol–water partition coefficient (Wildman–Crippen LogP) is 2.30. The molecule has 5 nitrogen and oxygen atoms in total. The average Bonchev–Trinajstić information content (AvgIpc) is 2.95. The Morgan fingerprint density at radius 2 is 2.08 bits per heavy atom. The molecule has 1 aliphatic heterocycles. The molecule has 0 aromatic heterocycles. The molecule has 1 atom stereocenters. The van der Waals surface area contributed by atoms with Gasteiger partial charge in [0.25, 0.3) is 0 Å². The number of carbonyl (C=O) groups is 2. The van der Waals surface area contributed by atoms with Crippen LogP contribution in [0.3, 0.4) is 0 Å². The van der Waals surface area contributed by atoms with Crippen LogP contribution in [0.4, 0.5) is 18.9 Å². The van der Waals surface area contributed by atoms with Gasteiger partial charge in [-0.05, 0) is 18.1 Å². The zero-order chi connectivity index (χ0) is 18.4. The van der Waals surface area contributed by atoms with Gasteiger partial charge in [-0.15, -0.1) is 0 Å². The van der Waals surface area contributed by atoms with Crippen LogP contribution in [0.1, 0.15) is 18.9 Å². The number of alkyl halides is 3. The number of para-hydroxylation sites is 1. The van der Waals surface area contributed by atoms with Gasteiger partial charge in [-0.1, -0.05) is 25.1 Å². The van der Waals surface area contributed by atoms with Crippen LogP contribution in [0.2, 0.25) is 0 Å². The number of ether oxygens (including phenoxy) is 1. The molecular weight excluding hydrogens is 337 g/mol. The third kappa shape index (κ3) is 5.45. The lowest BCUT2D eigenvalue weighted by atomic mass is 10.1. The van der Waals surface area contributed by atoms with E-state index in [2.05, 4.69) is 10.1 Å². The van der Waals surface area contributed by atoms with Crippen molar-refractivity contribution in [2.45, 2.75) is 25.9 Å². The molecule has 0 aliphatic carbocycles. The van der Waals surface area contributed by atoms with Gasteiger partial charge in [-0.2, -0.15) is 13.2 Å². The van der Waals surface area contributed by atoms with Crippen molar-refractivity contribution in [2.75, 3.05) is 31.2 Å². The smallest absolute Gasteiger partial charge is 0.370 e. The Morgan fingerprint density at radius 1 is 1.36 bits per heavy atom. The van der Waals surface area contributed by atoms with Gasteiger partial charge in [0.2, 0.25) is 11.8 Å². The molecule has 2 amide bonds. The van der Waals surface area contributed by atoms with Gasteiger partial charge in [0.05, 0.1) is 12.5 Å². The summed E-state index contributed by atoms with van der Waals surface area (Å²) in [6, 6.07) is 7.52. The summed E-state index contributed by atoms with van der Waals surface area (Å²) < 4.78 is 40.3. The Labute approximate surface area is 144 Å². The van der Waals surface area contributed by atoms with Crippen LogP contribution in [0.25, 0.3) is 0 Å². The summed E-state index contributed by atoms with van der Waals surface area (Å²) in [4.78, 5) is 26.0. The first-order chi connectivity index (χ1) is 11.8. The first-order valence-electron chi connectivity index (χ1n) is 8.12. The molecule has 1 aliphatic rings. The van der Waals surface area contributed by atoms with Crippen molar-refractivity contribution in [1.29, 1.82) is 0 Å². The molecular formula is C17H21F3N2O3. The number of rotatable bonds is 7. The van der Waals surface area contributed by atoms with Crippen LogP contribution < -0.4 is 10.2 Å². The number of nitrogens with zero attached hydrogens (tertiary/aromatic N) is 1. The molecule has 25 heavy (non-hydrogen) atoms. The van der Waals surface area contributed by atoms with Crippen molar-refractivity contribution in [3.8, 4) is 0 Å².